The molecule has 6 heteroatoms. The third-order valence-corrected chi connectivity index (χ3v) is 4.07. The molecule has 0 aliphatic rings. The molecule has 0 aliphatic carbocycles. The maximum Gasteiger partial charge on any atom is 0.183 e. The SMILES string of the molecule is COc1ccnc(CS(=O)CC(C)CN)c1OC. The van der Waals surface area contributed by atoms with Crippen molar-refractivity contribution < 1.29 is 13.7 Å². The highest BCUT2D eigenvalue weighted by molar-refractivity contribution is 7.84. The van der Waals surface area contributed by atoms with Crippen LogP contribution < -0.4 is 15.2 Å². The summed E-state index contributed by atoms with van der Waals surface area (Å²) in [5.41, 5.74) is 6.17. The molecule has 0 aromatic carbocycles. The van der Waals surface area contributed by atoms with Crippen molar-refractivity contribution in [3.63, 3.8) is 0 Å². The highest BCUT2D eigenvalue weighted by Crippen LogP contribution is 2.29. The molecule has 0 radical (unpaired) electrons. The molecule has 2 N–H and O–H groups in total. The van der Waals surface area contributed by atoms with E-state index in [1.165, 1.54) is 0 Å². The molecule has 0 bridgehead atoms. The maximum absolute atomic E-state index is 12.0. The average Bonchev–Trinajstić information content (AvgIpc) is 2.37. The second-order valence-electron chi connectivity index (χ2n) is 4.08. The van der Waals surface area contributed by atoms with E-state index in [9.17, 15) is 4.21 Å². The van der Waals surface area contributed by atoms with Crippen LogP contribution in [-0.4, -0.2) is 35.7 Å². The summed E-state index contributed by atoms with van der Waals surface area (Å²) < 4.78 is 22.4. The summed E-state index contributed by atoms with van der Waals surface area (Å²) in [6, 6.07) is 1.72. The van der Waals surface area contributed by atoms with Gasteiger partial charge in [-0.1, -0.05) is 6.92 Å². The molecule has 5 nitrogen and oxygen atoms in total. The number of aromatic nitrogens is 1. The predicted molar refractivity (Wildman–Crippen MR) is 72.3 cm³/mol. The highest BCUT2D eigenvalue weighted by atomic mass is 32.2. The average molecular weight is 272 g/mol. The van der Waals surface area contributed by atoms with Gasteiger partial charge in [0.2, 0.25) is 0 Å². The zero-order valence-electron chi connectivity index (χ0n) is 11.0. The van der Waals surface area contributed by atoms with Crippen LogP contribution in [0.1, 0.15) is 12.6 Å². The fraction of sp³-hybridized carbons (Fsp3) is 0.583. The first-order valence-electron chi connectivity index (χ1n) is 5.73. The van der Waals surface area contributed by atoms with Gasteiger partial charge in [0.05, 0.1) is 25.7 Å². The first-order valence-corrected chi connectivity index (χ1v) is 7.22. The number of methoxy groups -OCH3 is 2. The minimum absolute atomic E-state index is 0.238. The van der Waals surface area contributed by atoms with Gasteiger partial charge in [-0.2, -0.15) is 0 Å². The molecule has 2 unspecified atom stereocenters. The van der Waals surface area contributed by atoms with E-state index in [1.807, 2.05) is 6.92 Å². The van der Waals surface area contributed by atoms with Crippen molar-refractivity contribution in [2.24, 2.45) is 11.7 Å². The summed E-state index contributed by atoms with van der Waals surface area (Å²) in [4.78, 5) is 4.20. The third kappa shape index (κ3) is 3.96. The lowest BCUT2D eigenvalue weighted by atomic mass is 10.2. The first kappa shape index (κ1) is 14.9. The Hall–Kier alpha value is -1.14. The summed E-state index contributed by atoms with van der Waals surface area (Å²) >= 11 is 0. The lowest BCUT2D eigenvalue weighted by Gasteiger charge is -2.12. The van der Waals surface area contributed by atoms with Crippen LogP contribution in [0.2, 0.25) is 0 Å². The molecule has 102 valence electrons. The number of hydrogen-bond acceptors (Lipinski definition) is 5. The molecular formula is C12H20N2O3S. The van der Waals surface area contributed by atoms with E-state index in [4.69, 9.17) is 15.2 Å². The monoisotopic (exact) mass is 272 g/mol. The molecule has 0 fully saturated rings. The standard InChI is InChI=1S/C12H20N2O3S/c1-9(6-13)7-18(15)8-10-12(17-3)11(16-2)4-5-14-10/h4-5,9H,6-8,13H2,1-3H3. The second kappa shape index (κ2) is 7.33. The summed E-state index contributed by atoms with van der Waals surface area (Å²) in [6.07, 6.45) is 1.63. The van der Waals surface area contributed by atoms with E-state index >= 15 is 0 Å². The molecule has 1 heterocycles. The van der Waals surface area contributed by atoms with Crippen LogP contribution in [0.3, 0.4) is 0 Å². The maximum atomic E-state index is 12.0. The number of nitrogens with zero attached hydrogens (tertiary/aromatic N) is 1. The lowest BCUT2D eigenvalue weighted by Crippen LogP contribution is -2.18. The minimum Gasteiger partial charge on any atom is -0.493 e. The van der Waals surface area contributed by atoms with Crippen molar-refractivity contribution in [1.29, 1.82) is 0 Å². The molecular weight excluding hydrogens is 252 g/mol. The van der Waals surface area contributed by atoms with Crippen molar-refractivity contribution in [2.45, 2.75) is 12.7 Å². The van der Waals surface area contributed by atoms with E-state index < -0.39 is 10.8 Å². The third-order valence-electron chi connectivity index (χ3n) is 2.54. The molecule has 0 spiro atoms. The van der Waals surface area contributed by atoms with Crippen molar-refractivity contribution in [1.82, 2.24) is 4.98 Å². The molecule has 1 aromatic rings. The van der Waals surface area contributed by atoms with Gasteiger partial charge in [0.1, 0.15) is 0 Å². The molecule has 1 aromatic heterocycles. The van der Waals surface area contributed by atoms with E-state index in [0.717, 1.165) is 0 Å². The van der Waals surface area contributed by atoms with Crippen molar-refractivity contribution in [3.8, 4) is 11.5 Å². The Morgan fingerprint density at radius 3 is 2.72 bits per heavy atom. The predicted octanol–water partition coefficient (Wildman–Crippen LogP) is 0.942. The van der Waals surface area contributed by atoms with Gasteiger partial charge in [-0.15, -0.1) is 0 Å². The van der Waals surface area contributed by atoms with E-state index in [-0.39, 0.29) is 5.92 Å². The van der Waals surface area contributed by atoms with Gasteiger partial charge in [0.25, 0.3) is 0 Å². The van der Waals surface area contributed by atoms with E-state index in [2.05, 4.69) is 4.98 Å². The van der Waals surface area contributed by atoms with Gasteiger partial charge in [-0.05, 0) is 12.5 Å². The Kier molecular flexibility index (Phi) is 6.07. The second-order valence-corrected chi connectivity index (χ2v) is 5.59. The molecule has 0 amide bonds. The quantitative estimate of drug-likeness (QED) is 0.799. The van der Waals surface area contributed by atoms with Crippen LogP contribution in [0.25, 0.3) is 0 Å². The summed E-state index contributed by atoms with van der Waals surface area (Å²) in [6.45, 7) is 2.52. The molecule has 2 atom stereocenters. The van der Waals surface area contributed by atoms with Crippen molar-refractivity contribution in [2.75, 3.05) is 26.5 Å². The van der Waals surface area contributed by atoms with Gasteiger partial charge in [-0.25, -0.2) is 0 Å². The fourth-order valence-electron chi connectivity index (χ4n) is 1.55. The topological polar surface area (TPSA) is 74.4 Å². The Labute approximate surface area is 110 Å². The molecule has 0 aliphatic heterocycles. The van der Waals surface area contributed by atoms with Gasteiger partial charge >= 0.3 is 0 Å². The number of rotatable bonds is 7. The molecule has 0 saturated heterocycles. The van der Waals surface area contributed by atoms with E-state index in [0.29, 0.717) is 35.2 Å². The van der Waals surface area contributed by atoms with Gasteiger partial charge in [-0.3, -0.25) is 9.19 Å². The van der Waals surface area contributed by atoms with Crippen molar-refractivity contribution in [3.05, 3.63) is 18.0 Å². The highest BCUT2D eigenvalue weighted by Gasteiger charge is 2.15. The Morgan fingerprint density at radius 1 is 1.44 bits per heavy atom. The summed E-state index contributed by atoms with van der Waals surface area (Å²) in [7, 11) is 2.11. The van der Waals surface area contributed by atoms with Crippen LogP contribution in [0.5, 0.6) is 11.5 Å². The largest absolute Gasteiger partial charge is 0.493 e. The van der Waals surface area contributed by atoms with Gasteiger partial charge in [0.15, 0.2) is 11.5 Å². The zero-order chi connectivity index (χ0) is 13.5. The number of ether oxygens (including phenoxy) is 2. The number of hydrogen-bond donors (Lipinski definition) is 1. The smallest absolute Gasteiger partial charge is 0.183 e. The van der Waals surface area contributed by atoms with Crippen LogP contribution in [0, 0.1) is 5.92 Å². The Morgan fingerprint density at radius 2 is 2.17 bits per heavy atom. The van der Waals surface area contributed by atoms with Crippen LogP contribution in [-0.2, 0) is 16.6 Å². The Bertz CT molecular complexity index is 412. The van der Waals surface area contributed by atoms with Crippen molar-refractivity contribution >= 4 is 10.8 Å². The molecule has 0 saturated carbocycles. The van der Waals surface area contributed by atoms with Crippen LogP contribution in [0.4, 0.5) is 0 Å². The normalized spacial score (nSPS) is 14.0. The van der Waals surface area contributed by atoms with Gasteiger partial charge < -0.3 is 15.2 Å². The van der Waals surface area contributed by atoms with E-state index in [1.54, 1.807) is 26.5 Å². The number of pyridine rings is 1. The van der Waals surface area contributed by atoms with Gasteiger partial charge in [0, 0.05) is 28.8 Å². The zero-order valence-corrected chi connectivity index (χ0v) is 11.8. The Balaban J connectivity index is 2.81. The van der Waals surface area contributed by atoms with Crippen LogP contribution in [0.15, 0.2) is 12.3 Å². The first-order chi connectivity index (χ1) is 8.62. The summed E-state index contributed by atoms with van der Waals surface area (Å²) in [5.74, 6) is 2.31. The lowest BCUT2D eigenvalue weighted by molar-refractivity contribution is 0.350. The molecule has 1 rings (SSSR count). The summed E-state index contributed by atoms with van der Waals surface area (Å²) in [5, 5.41) is 0. The number of nitrogens with two attached hydrogens (primary N) is 1. The molecule has 18 heavy (non-hydrogen) atoms. The fourth-order valence-corrected chi connectivity index (χ4v) is 2.95. The van der Waals surface area contributed by atoms with Crippen LogP contribution >= 0.6 is 0 Å². The minimum atomic E-state index is -1.00.